The summed E-state index contributed by atoms with van der Waals surface area (Å²) >= 11 is 0. The Bertz CT molecular complexity index is 1230. The molecule has 0 bridgehead atoms. The van der Waals surface area contributed by atoms with Gasteiger partial charge in [0, 0.05) is 23.7 Å². The zero-order chi connectivity index (χ0) is 25.0. The lowest BCUT2D eigenvalue weighted by atomic mass is 9.90. The van der Waals surface area contributed by atoms with E-state index in [1.54, 1.807) is 4.57 Å². The monoisotopic (exact) mass is 471 g/mol. The summed E-state index contributed by atoms with van der Waals surface area (Å²) < 4.78 is 56.2. The van der Waals surface area contributed by atoms with E-state index in [0.717, 1.165) is 22.4 Å². The van der Waals surface area contributed by atoms with Crippen LogP contribution in [0.25, 0.3) is 16.6 Å². The molecule has 1 N–H and O–H groups in total. The summed E-state index contributed by atoms with van der Waals surface area (Å²) in [5.74, 6) is -1.35. The van der Waals surface area contributed by atoms with Crippen LogP contribution in [0.5, 0.6) is 0 Å². The first-order valence-electron chi connectivity index (χ1n) is 11.3. The van der Waals surface area contributed by atoms with Crippen LogP contribution in [0.15, 0.2) is 72.6 Å². The van der Waals surface area contributed by atoms with Crippen molar-refractivity contribution in [3.05, 3.63) is 83.7 Å². The summed E-state index contributed by atoms with van der Waals surface area (Å²) in [6.45, 7) is 11.8. The summed E-state index contributed by atoms with van der Waals surface area (Å²) in [6, 6.07) is 13.2. The molecule has 0 aliphatic heterocycles. The minimum Gasteiger partial charge on any atom is -0.326 e. The van der Waals surface area contributed by atoms with Crippen molar-refractivity contribution in [2.24, 2.45) is 5.92 Å². The molecule has 7 heteroatoms. The number of fused-ring (bicyclic) bond motifs is 1. The maximum atomic E-state index is 13.6. The Morgan fingerprint density at radius 2 is 1.82 bits per heavy atom. The first-order chi connectivity index (χ1) is 16.1. The van der Waals surface area contributed by atoms with Gasteiger partial charge in [-0.3, -0.25) is 0 Å². The van der Waals surface area contributed by atoms with Gasteiger partial charge in [0.15, 0.2) is 0 Å². The van der Waals surface area contributed by atoms with Crippen LogP contribution in [0.2, 0.25) is 0 Å². The fraction of sp³-hybridized carbons (Fsp3) is 0.296. The lowest BCUT2D eigenvalue weighted by molar-refractivity contribution is -0.100. The molecule has 3 aromatic rings. The van der Waals surface area contributed by atoms with E-state index in [2.05, 4.69) is 16.9 Å². The van der Waals surface area contributed by atoms with E-state index in [1.165, 1.54) is 6.08 Å². The highest BCUT2D eigenvalue weighted by molar-refractivity contribution is 5.83. The highest BCUT2D eigenvalue weighted by Gasteiger charge is 2.40. The second kappa shape index (κ2) is 10.3. The van der Waals surface area contributed by atoms with E-state index >= 15 is 0 Å². The summed E-state index contributed by atoms with van der Waals surface area (Å²) in [5, 5.41) is 3.23. The number of nitrogens with one attached hydrogen (secondary N) is 1. The predicted octanol–water partition coefficient (Wildman–Crippen LogP) is 8.51. The van der Waals surface area contributed by atoms with Gasteiger partial charge in [-0.2, -0.15) is 13.2 Å². The molecule has 1 aromatic heterocycles. The third-order valence-electron chi connectivity index (χ3n) is 5.61. The van der Waals surface area contributed by atoms with Crippen LogP contribution < -0.4 is 5.32 Å². The molecule has 0 spiro atoms. The number of rotatable bonds is 5. The van der Waals surface area contributed by atoms with Crippen molar-refractivity contribution in [1.29, 1.82) is 0 Å². The van der Waals surface area contributed by atoms with Gasteiger partial charge in [-0.15, -0.1) is 0 Å². The van der Waals surface area contributed by atoms with Crippen molar-refractivity contribution < 1.29 is 17.6 Å². The van der Waals surface area contributed by atoms with Crippen LogP contribution >= 0.6 is 0 Å². The molecular weight excluding hydrogens is 442 g/mol. The molecule has 1 aliphatic rings. The second-order valence-electron chi connectivity index (χ2n) is 8.14. The number of alkyl halides is 3. The zero-order valence-electron chi connectivity index (χ0n) is 19.8. The molecule has 0 amide bonds. The Morgan fingerprint density at radius 3 is 2.44 bits per heavy atom. The normalized spacial score (nSPS) is 15.8. The molecule has 0 saturated heterocycles. The minimum atomic E-state index is -4.61. The fourth-order valence-corrected chi connectivity index (χ4v) is 3.86. The maximum absolute atomic E-state index is 13.6. The zero-order valence-corrected chi connectivity index (χ0v) is 19.8. The third-order valence-corrected chi connectivity index (χ3v) is 5.61. The number of allylic oxidation sites excluding steroid dienone is 5. The standard InChI is InChI=1S/C25H23F4N3.C2H6/c1-15(2)17-7-11-23-22(12-17)31-24(30-20-9-4-16(3)5-10-20)32(23)14-18-6-8-19(26)13-21(18)25(27,28)29;1-2/h4-5,7-13,18H,1,6,14H2,2-3H3,(H,30,31);1-2H3. The summed E-state index contributed by atoms with van der Waals surface area (Å²) in [4.78, 5) is 4.66. The SMILES string of the molecule is C=C(C)c1ccc2c(c1)nc(Nc1ccc(C)cc1)n2CC1CC=C(F)C=C1C(F)(F)F.CC. The first-order valence-corrected chi connectivity index (χ1v) is 11.3. The molecule has 2 aromatic carbocycles. The van der Waals surface area contributed by atoms with Crippen LogP contribution in [0, 0.1) is 12.8 Å². The van der Waals surface area contributed by atoms with E-state index < -0.39 is 23.5 Å². The Morgan fingerprint density at radius 1 is 1.15 bits per heavy atom. The topological polar surface area (TPSA) is 29.9 Å². The lowest BCUT2D eigenvalue weighted by Crippen LogP contribution is -2.25. The van der Waals surface area contributed by atoms with Crippen molar-refractivity contribution in [3.8, 4) is 0 Å². The van der Waals surface area contributed by atoms with Crippen molar-refractivity contribution in [2.45, 2.75) is 46.8 Å². The molecule has 34 heavy (non-hydrogen) atoms. The van der Waals surface area contributed by atoms with Crippen molar-refractivity contribution in [3.63, 3.8) is 0 Å². The molecule has 1 atom stereocenters. The van der Waals surface area contributed by atoms with Gasteiger partial charge in [-0.1, -0.05) is 49.8 Å². The molecule has 0 fully saturated rings. The van der Waals surface area contributed by atoms with Crippen molar-refractivity contribution in [2.75, 3.05) is 5.32 Å². The number of hydrogen-bond acceptors (Lipinski definition) is 2. The predicted molar refractivity (Wildman–Crippen MR) is 132 cm³/mol. The van der Waals surface area contributed by atoms with Crippen LogP contribution in [0.3, 0.4) is 0 Å². The Balaban J connectivity index is 0.00000158. The number of benzene rings is 2. The Hall–Kier alpha value is -3.35. The smallest absolute Gasteiger partial charge is 0.326 e. The quantitative estimate of drug-likeness (QED) is 0.378. The van der Waals surface area contributed by atoms with Gasteiger partial charge in [-0.25, -0.2) is 9.37 Å². The van der Waals surface area contributed by atoms with Crippen LogP contribution in [-0.2, 0) is 6.54 Å². The summed E-state index contributed by atoms with van der Waals surface area (Å²) in [7, 11) is 0. The minimum absolute atomic E-state index is 0.00619. The van der Waals surface area contributed by atoms with Gasteiger partial charge in [0.05, 0.1) is 11.0 Å². The molecule has 4 rings (SSSR count). The average Bonchev–Trinajstić information content (AvgIpc) is 3.13. The number of aromatic nitrogens is 2. The molecular formula is C27H29F4N3. The number of aryl methyl sites for hydroxylation is 1. The van der Waals surface area contributed by atoms with Gasteiger partial charge in [0.2, 0.25) is 5.95 Å². The molecule has 0 saturated carbocycles. The number of hydrogen-bond donors (Lipinski definition) is 1. The summed E-state index contributed by atoms with van der Waals surface area (Å²) in [5.41, 5.74) is 4.11. The summed E-state index contributed by atoms with van der Waals surface area (Å²) in [6.07, 6.45) is -2.85. The number of nitrogens with zero attached hydrogens (tertiary/aromatic N) is 2. The average molecular weight is 472 g/mol. The number of anilines is 2. The van der Waals surface area contributed by atoms with E-state index in [9.17, 15) is 17.6 Å². The molecule has 3 nitrogen and oxygen atoms in total. The molecule has 0 radical (unpaired) electrons. The first kappa shape index (κ1) is 25.3. The van der Waals surface area contributed by atoms with Gasteiger partial charge in [-0.05, 0) is 62.2 Å². The van der Waals surface area contributed by atoms with E-state index in [4.69, 9.17) is 0 Å². The Kier molecular flexibility index (Phi) is 7.64. The Labute approximate surface area is 197 Å². The van der Waals surface area contributed by atoms with Crippen LogP contribution in [0.1, 0.15) is 38.3 Å². The molecule has 1 unspecified atom stereocenters. The van der Waals surface area contributed by atoms with Gasteiger partial charge in [0.1, 0.15) is 5.83 Å². The largest absolute Gasteiger partial charge is 0.413 e. The van der Waals surface area contributed by atoms with E-state index in [1.807, 2.05) is 70.2 Å². The lowest BCUT2D eigenvalue weighted by Gasteiger charge is -2.25. The van der Waals surface area contributed by atoms with Gasteiger partial charge in [0.25, 0.3) is 0 Å². The van der Waals surface area contributed by atoms with E-state index in [-0.39, 0.29) is 13.0 Å². The van der Waals surface area contributed by atoms with Crippen LogP contribution in [-0.4, -0.2) is 15.7 Å². The van der Waals surface area contributed by atoms with Gasteiger partial charge < -0.3 is 9.88 Å². The third kappa shape index (κ3) is 5.58. The molecule has 1 heterocycles. The molecule has 1 aliphatic carbocycles. The maximum Gasteiger partial charge on any atom is 0.413 e. The number of imidazole rings is 1. The van der Waals surface area contributed by atoms with Crippen LogP contribution in [0.4, 0.5) is 29.2 Å². The van der Waals surface area contributed by atoms with Gasteiger partial charge >= 0.3 is 6.18 Å². The number of halogens is 4. The van der Waals surface area contributed by atoms with Crippen molar-refractivity contribution >= 4 is 28.2 Å². The van der Waals surface area contributed by atoms with E-state index in [0.29, 0.717) is 23.1 Å². The second-order valence-corrected chi connectivity index (χ2v) is 8.14. The van der Waals surface area contributed by atoms with Crippen molar-refractivity contribution in [1.82, 2.24) is 9.55 Å². The highest BCUT2D eigenvalue weighted by atomic mass is 19.4. The molecule has 180 valence electrons. The highest BCUT2D eigenvalue weighted by Crippen LogP contribution is 2.39. The fourth-order valence-electron chi connectivity index (χ4n) is 3.86.